The predicted octanol–water partition coefficient (Wildman–Crippen LogP) is 3.63. The van der Waals surface area contributed by atoms with Crippen molar-refractivity contribution in [3.63, 3.8) is 0 Å². The van der Waals surface area contributed by atoms with Gasteiger partial charge in [0.1, 0.15) is 0 Å². The largest absolute Gasteiger partial charge is 0.382 e. The van der Waals surface area contributed by atoms with Gasteiger partial charge in [-0.3, -0.25) is 4.99 Å². The molecule has 1 heterocycles. The van der Waals surface area contributed by atoms with Gasteiger partial charge in [0.05, 0.1) is 0 Å². The van der Waals surface area contributed by atoms with Crippen LogP contribution in [0.4, 0.5) is 0 Å². The smallest absolute Gasteiger partial charge is 0.191 e. The van der Waals surface area contributed by atoms with Crippen molar-refractivity contribution < 1.29 is 4.74 Å². The zero-order valence-corrected chi connectivity index (χ0v) is 19.4. The maximum atomic E-state index is 5.62. The molecule has 2 N–H and O–H groups in total. The average molecular weight is 480 g/mol. The summed E-state index contributed by atoms with van der Waals surface area (Å²) in [4.78, 5) is 7.52. The molecule has 0 bridgehead atoms. The van der Waals surface area contributed by atoms with Crippen LogP contribution in [0.15, 0.2) is 4.99 Å². The molecule has 2 aliphatic rings. The fraction of sp³-hybridized carbons (Fsp3) is 0.950. The van der Waals surface area contributed by atoms with E-state index in [4.69, 9.17) is 9.73 Å². The van der Waals surface area contributed by atoms with Gasteiger partial charge in [-0.05, 0) is 77.4 Å². The van der Waals surface area contributed by atoms with Gasteiger partial charge in [0.2, 0.25) is 0 Å². The lowest BCUT2D eigenvalue weighted by molar-refractivity contribution is 0.107. The summed E-state index contributed by atoms with van der Waals surface area (Å²) in [6, 6.07) is 0. The number of likely N-dealkylation sites (tertiary alicyclic amines) is 1. The predicted molar refractivity (Wildman–Crippen MR) is 122 cm³/mol. The van der Waals surface area contributed by atoms with E-state index in [1.54, 1.807) is 0 Å². The van der Waals surface area contributed by atoms with Crippen molar-refractivity contribution in [2.45, 2.75) is 65.2 Å². The van der Waals surface area contributed by atoms with Crippen LogP contribution in [-0.4, -0.2) is 63.3 Å². The Bertz CT molecular complexity index is 380. The van der Waals surface area contributed by atoms with E-state index in [9.17, 15) is 0 Å². The molecule has 0 radical (unpaired) electrons. The second kappa shape index (κ2) is 14.0. The number of nitrogens with one attached hydrogen (secondary N) is 2. The van der Waals surface area contributed by atoms with E-state index in [1.165, 1.54) is 64.6 Å². The summed E-state index contributed by atoms with van der Waals surface area (Å²) in [6.45, 7) is 12.6. The van der Waals surface area contributed by atoms with Crippen molar-refractivity contribution >= 4 is 29.9 Å². The molecule has 6 heteroatoms. The summed E-state index contributed by atoms with van der Waals surface area (Å²) in [5.74, 6) is 0.992. The number of halogens is 1. The molecule has 5 nitrogen and oxygen atoms in total. The molecule has 26 heavy (non-hydrogen) atoms. The average Bonchev–Trinajstić information content (AvgIpc) is 3.29. The van der Waals surface area contributed by atoms with Crippen molar-refractivity contribution in [3.8, 4) is 0 Å². The Balaban J connectivity index is 0.00000338. The Kier molecular flexibility index (Phi) is 12.9. The molecule has 1 aliphatic carbocycles. The molecular formula is C20H41IN4O. The molecule has 2 fully saturated rings. The number of hydrogen-bond acceptors (Lipinski definition) is 3. The fourth-order valence-electron chi connectivity index (χ4n) is 4.15. The number of ether oxygens (including phenoxy) is 1. The van der Waals surface area contributed by atoms with E-state index in [1.807, 2.05) is 0 Å². The molecule has 1 saturated carbocycles. The van der Waals surface area contributed by atoms with E-state index in [0.29, 0.717) is 5.41 Å². The molecule has 154 valence electrons. The topological polar surface area (TPSA) is 48.9 Å². The van der Waals surface area contributed by atoms with E-state index >= 15 is 0 Å². The van der Waals surface area contributed by atoms with Crippen LogP contribution < -0.4 is 10.6 Å². The van der Waals surface area contributed by atoms with Crippen LogP contribution in [0.2, 0.25) is 0 Å². The van der Waals surface area contributed by atoms with Gasteiger partial charge in [-0.15, -0.1) is 24.0 Å². The Morgan fingerprint density at radius 2 is 1.81 bits per heavy atom. The number of hydrogen-bond donors (Lipinski definition) is 2. The van der Waals surface area contributed by atoms with Crippen molar-refractivity contribution in [2.75, 3.05) is 52.5 Å². The lowest BCUT2D eigenvalue weighted by atomic mass is 9.83. The summed E-state index contributed by atoms with van der Waals surface area (Å²) in [5.41, 5.74) is 0.368. The van der Waals surface area contributed by atoms with Crippen LogP contribution in [0, 0.1) is 5.41 Å². The first-order valence-electron chi connectivity index (χ1n) is 10.6. The third-order valence-corrected chi connectivity index (χ3v) is 5.70. The number of nitrogens with zero attached hydrogens (tertiary/aromatic N) is 2. The highest BCUT2D eigenvalue weighted by molar-refractivity contribution is 14.0. The SMILES string of the molecule is CCNC(=NCC1(CCOCC)CCCC1)NCCCN1CCCC1.I. The number of aliphatic imine (C=N–C) groups is 1. The van der Waals surface area contributed by atoms with Crippen molar-refractivity contribution in [2.24, 2.45) is 10.4 Å². The van der Waals surface area contributed by atoms with Gasteiger partial charge in [0, 0.05) is 32.8 Å². The highest BCUT2D eigenvalue weighted by Gasteiger charge is 2.33. The van der Waals surface area contributed by atoms with Gasteiger partial charge in [0.25, 0.3) is 0 Å². The minimum atomic E-state index is 0. The van der Waals surface area contributed by atoms with Crippen LogP contribution in [0.3, 0.4) is 0 Å². The minimum Gasteiger partial charge on any atom is -0.382 e. The highest BCUT2D eigenvalue weighted by atomic mass is 127. The molecule has 0 atom stereocenters. The number of rotatable bonds is 11. The Morgan fingerprint density at radius 1 is 1.08 bits per heavy atom. The third kappa shape index (κ3) is 8.74. The molecule has 2 rings (SSSR count). The lowest BCUT2D eigenvalue weighted by Crippen LogP contribution is -2.39. The standard InChI is InChI=1S/C20H40N4O.HI/c1-3-21-19(22-13-9-16-24-14-7-8-15-24)23-18-20(10-5-6-11-20)12-17-25-4-2;/h3-18H2,1-2H3,(H2,21,22,23);1H. The lowest BCUT2D eigenvalue weighted by Gasteiger charge is -2.27. The van der Waals surface area contributed by atoms with Crippen LogP contribution in [0.25, 0.3) is 0 Å². The summed E-state index contributed by atoms with van der Waals surface area (Å²) >= 11 is 0. The molecule has 0 spiro atoms. The van der Waals surface area contributed by atoms with Crippen molar-refractivity contribution in [3.05, 3.63) is 0 Å². The first-order chi connectivity index (χ1) is 12.3. The van der Waals surface area contributed by atoms with Crippen LogP contribution in [0.1, 0.15) is 65.2 Å². The Hall–Kier alpha value is -0.0800. The molecule has 1 saturated heterocycles. The quantitative estimate of drug-likeness (QED) is 0.205. The monoisotopic (exact) mass is 480 g/mol. The maximum Gasteiger partial charge on any atom is 0.191 e. The summed E-state index contributed by atoms with van der Waals surface area (Å²) in [6.07, 6.45) is 10.4. The van der Waals surface area contributed by atoms with Crippen molar-refractivity contribution in [1.29, 1.82) is 0 Å². The van der Waals surface area contributed by atoms with Gasteiger partial charge in [0.15, 0.2) is 5.96 Å². The molecule has 1 aliphatic heterocycles. The molecule has 0 amide bonds. The van der Waals surface area contributed by atoms with E-state index in [-0.39, 0.29) is 24.0 Å². The second-order valence-electron chi connectivity index (χ2n) is 7.68. The van der Waals surface area contributed by atoms with Crippen LogP contribution >= 0.6 is 24.0 Å². The molecule has 0 aromatic rings. The second-order valence-corrected chi connectivity index (χ2v) is 7.68. The van der Waals surface area contributed by atoms with Gasteiger partial charge in [-0.1, -0.05) is 12.8 Å². The van der Waals surface area contributed by atoms with Gasteiger partial charge in [-0.2, -0.15) is 0 Å². The number of guanidine groups is 1. The fourth-order valence-corrected chi connectivity index (χ4v) is 4.15. The molecule has 0 unspecified atom stereocenters. The Labute approximate surface area is 178 Å². The van der Waals surface area contributed by atoms with Crippen molar-refractivity contribution in [1.82, 2.24) is 15.5 Å². The summed E-state index contributed by atoms with van der Waals surface area (Å²) in [5, 5.41) is 6.95. The normalized spacial score (nSPS) is 20.2. The maximum absolute atomic E-state index is 5.62. The van der Waals surface area contributed by atoms with Gasteiger partial charge >= 0.3 is 0 Å². The zero-order valence-electron chi connectivity index (χ0n) is 17.0. The van der Waals surface area contributed by atoms with E-state index in [2.05, 4.69) is 29.4 Å². The first kappa shape index (κ1) is 24.0. The van der Waals surface area contributed by atoms with E-state index < -0.39 is 0 Å². The minimum absolute atomic E-state index is 0. The zero-order chi connectivity index (χ0) is 17.8. The van der Waals surface area contributed by atoms with Gasteiger partial charge < -0.3 is 20.3 Å². The molecular weight excluding hydrogens is 439 g/mol. The van der Waals surface area contributed by atoms with Crippen LogP contribution in [-0.2, 0) is 4.74 Å². The summed E-state index contributed by atoms with van der Waals surface area (Å²) < 4.78 is 5.62. The van der Waals surface area contributed by atoms with Crippen LogP contribution in [0.5, 0.6) is 0 Å². The molecule has 0 aromatic carbocycles. The molecule has 0 aromatic heterocycles. The highest BCUT2D eigenvalue weighted by Crippen LogP contribution is 2.41. The third-order valence-electron chi connectivity index (χ3n) is 5.70. The van der Waals surface area contributed by atoms with E-state index in [0.717, 1.165) is 45.2 Å². The summed E-state index contributed by atoms with van der Waals surface area (Å²) in [7, 11) is 0. The Morgan fingerprint density at radius 3 is 2.46 bits per heavy atom. The first-order valence-corrected chi connectivity index (χ1v) is 10.6. The van der Waals surface area contributed by atoms with Gasteiger partial charge in [-0.25, -0.2) is 0 Å².